The highest BCUT2D eigenvalue weighted by Gasteiger charge is 2.10. The Bertz CT molecular complexity index is 719. The Balaban J connectivity index is 0.00000208. The lowest BCUT2D eigenvalue weighted by atomic mass is 10.1. The van der Waals surface area contributed by atoms with E-state index in [0.717, 1.165) is 29.2 Å². The van der Waals surface area contributed by atoms with E-state index in [1.165, 1.54) is 5.56 Å². The van der Waals surface area contributed by atoms with Crippen LogP contribution in [-0.4, -0.2) is 19.2 Å². The van der Waals surface area contributed by atoms with Crippen molar-refractivity contribution >= 4 is 35.6 Å². The summed E-state index contributed by atoms with van der Waals surface area (Å²) >= 11 is 0. The van der Waals surface area contributed by atoms with Gasteiger partial charge in [0.25, 0.3) is 0 Å². The first kappa shape index (κ1) is 18.4. The number of aliphatic imine (C=N–C) groups is 1. The number of benzene rings is 2. The first-order valence-corrected chi connectivity index (χ1v) is 7.73. The summed E-state index contributed by atoms with van der Waals surface area (Å²) in [4.78, 5) is 4.39. The summed E-state index contributed by atoms with van der Waals surface area (Å²) in [5, 5.41) is 3.09. The summed E-state index contributed by atoms with van der Waals surface area (Å²) in [5.74, 6) is 1.88. The number of guanidine groups is 1. The van der Waals surface area contributed by atoms with E-state index in [-0.39, 0.29) is 24.0 Å². The zero-order valence-corrected chi connectivity index (χ0v) is 15.9. The molecule has 0 bridgehead atoms. The minimum Gasteiger partial charge on any atom is -0.490 e. The highest BCUT2D eigenvalue weighted by atomic mass is 127. The fourth-order valence-corrected chi connectivity index (χ4v) is 2.39. The average molecular weight is 439 g/mol. The van der Waals surface area contributed by atoms with Crippen molar-refractivity contribution < 1.29 is 9.47 Å². The van der Waals surface area contributed by atoms with E-state index in [0.29, 0.717) is 25.7 Å². The number of nitrogens with one attached hydrogen (secondary N) is 1. The van der Waals surface area contributed by atoms with Crippen LogP contribution < -0.4 is 20.5 Å². The first-order valence-electron chi connectivity index (χ1n) is 7.73. The molecular weight excluding hydrogens is 417 g/mol. The molecule has 1 aliphatic heterocycles. The summed E-state index contributed by atoms with van der Waals surface area (Å²) in [5.41, 5.74) is 9.18. The maximum Gasteiger partial charge on any atom is 0.193 e. The molecule has 6 heteroatoms. The second-order valence-electron chi connectivity index (χ2n) is 5.46. The number of ether oxygens (including phenoxy) is 2. The molecule has 2 aromatic carbocycles. The Morgan fingerprint density at radius 2 is 1.88 bits per heavy atom. The number of halogens is 1. The molecule has 0 saturated heterocycles. The van der Waals surface area contributed by atoms with Crippen LogP contribution in [0.25, 0.3) is 0 Å². The van der Waals surface area contributed by atoms with Crippen molar-refractivity contribution in [2.45, 2.75) is 19.9 Å². The van der Waals surface area contributed by atoms with Crippen LogP contribution in [-0.2, 0) is 6.54 Å². The van der Waals surface area contributed by atoms with Crippen LogP contribution in [0.15, 0.2) is 47.5 Å². The van der Waals surface area contributed by atoms with Gasteiger partial charge in [-0.3, -0.25) is 0 Å². The van der Waals surface area contributed by atoms with Gasteiger partial charge in [-0.1, -0.05) is 24.3 Å². The number of anilines is 1. The summed E-state index contributed by atoms with van der Waals surface area (Å²) < 4.78 is 11.3. The molecule has 5 nitrogen and oxygen atoms in total. The van der Waals surface area contributed by atoms with Crippen molar-refractivity contribution in [1.29, 1.82) is 0 Å². The van der Waals surface area contributed by atoms with Gasteiger partial charge in [0.2, 0.25) is 0 Å². The lowest BCUT2D eigenvalue weighted by molar-refractivity contribution is 0.297. The minimum atomic E-state index is 0. The summed E-state index contributed by atoms with van der Waals surface area (Å²) in [6.45, 7) is 3.96. The molecule has 0 aromatic heterocycles. The molecule has 0 unspecified atom stereocenters. The van der Waals surface area contributed by atoms with Crippen molar-refractivity contribution in [3.63, 3.8) is 0 Å². The van der Waals surface area contributed by atoms with E-state index < -0.39 is 0 Å². The number of hydrogen-bond donors (Lipinski definition) is 2. The number of nitrogens with zero attached hydrogens (tertiary/aromatic N) is 1. The van der Waals surface area contributed by atoms with Crippen LogP contribution in [0.4, 0.5) is 5.69 Å². The molecule has 24 heavy (non-hydrogen) atoms. The normalized spacial score (nSPS) is 13.6. The van der Waals surface area contributed by atoms with Gasteiger partial charge in [0.1, 0.15) is 0 Å². The second kappa shape index (κ2) is 8.77. The van der Waals surface area contributed by atoms with Crippen LogP contribution in [0.2, 0.25) is 0 Å². The second-order valence-corrected chi connectivity index (χ2v) is 5.46. The Labute approximate surface area is 159 Å². The molecular formula is C18H22IN3O2. The van der Waals surface area contributed by atoms with Crippen LogP contribution in [0.3, 0.4) is 0 Å². The molecule has 3 N–H and O–H groups in total. The van der Waals surface area contributed by atoms with Crippen LogP contribution in [0, 0.1) is 6.92 Å². The molecule has 0 radical (unpaired) electrons. The molecule has 0 amide bonds. The maximum absolute atomic E-state index is 5.98. The number of fused-ring (bicyclic) bond motifs is 1. The van der Waals surface area contributed by atoms with Crippen LogP contribution >= 0.6 is 24.0 Å². The fraction of sp³-hybridized carbons (Fsp3) is 0.278. The number of nitrogens with two attached hydrogens (primary N) is 1. The van der Waals surface area contributed by atoms with E-state index in [1.807, 2.05) is 30.3 Å². The third kappa shape index (κ3) is 4.77. The zero-order chi connectivity index (χ0) is 16.1. The standard InChI is InChI=1S/C18H21N3O2.HI/c1-13-5-2-3-6-14(13)12-20-18(19)21-15-7-8-16-17(11-15)23-10-4-9-22-16;/h2-3,5-8,11H,4,9-10,12H2,1H3,(H3,19,20,21);1H. The molecule has 3 rings (SSSR count). The van der Waals surface area contributed by atoms with E-state index in [2.05, 4.69) is 29.4 Å². The lowest BCUT2D eigenvalue weighted by Crippen LogP contribution is -2.22. The summed E-state index contributed by atoms with van der Waals surface area (Å²) in [6.07, 6.45) is 0.886. The van der Waals surface area contributed by atoms with E-state index >= 15 is 0 Å². The van der Waals surface area contributed by atoms with Gasteiger partial charge in [-0.05, 0) is 30.2 Å². The molecule has 128 valence electrons. The summed E-state index contributed by atoms with van der Waals surface area (Å²) in [6, 6.07) is 13.8. The van der Waals surface area contributed by atoms with Gasteiger partial charge in [-0.25, -0.2) is 4.99 Å². The zero-order valence-electron chi connectivity index (χ0n) is 13.6. The molecule has 0 saturated carbocycles. The lowest BCUT2D eigenvalue weighted by Gasteiger charge is -2.11. The van der Waals surface area contributed by atoms with Gasteiger partial charge in [0.05, 0.1) is 19.8 Å². The van der Waals surface area contributed by atoms with Crippen molar-refractivity contribution in [3.05, 3.63) is 53.6 Å². The Kier molecular flexibility index (Phi) is 6.72. The predicted molar refractivity (Wildman–Crippen MR) is 108 cm³/mol. The van der Waals surface area contributed by atoms with Gasteiger partial charge < -0.3 is 20.5 Å². The van der Waals surface area contributed by atoms with Gasteiger partial charge in [0.15, 0.2) is 17.5 Å². The Hall–Kier alpha value is -1.96. The third-order valence-electron chi connectivity index (χ3n) is 3.70. The van der Waals surface area contributed by atoms with Crippen LogP contribution in [0.5, 0.6) is 11.5 Å². The molecule has 2 aromatic rings. The fourth-order valence-electron chi connectivity index (χ4n) is 2.39. The highest BCUT2D eigenvalue weighted by Crippen LogP contribution is 2.32. The minimum absolute atomic E-state index is 0. The molecule has 1 aliphatic rings. The molecule has 1 heterocycles. The highest BCUT2D eigenvalue weighted by molar-refractivity contribution is 14.0. The maximum atomic E-state index is 5.98. The quantitative estimate of drug-likeness (QED) is 0.435. The van der Waals surface area contributed by atoms with Gasteiger partial charge in [-0.15, -0.1) is 24.0 Å². The van der Waals surface area contributed by atoms with Crippen molar-refractivity contribution in [3.8, 4) is 11.5 Å². The smallest absolute Gasteiger partial charge is 0.193 e. The van der Waals surface area contributed by atoms with Crippen LogP contribution in [0.1, 0.15) is 17.5 Å². The van der Waals surface area contributed by atoms with Gasteiger partial charge in [0, 0.05) is 18.2 Å². The molecule has 0 aliphatic carbocycles. The molecule has 0 spiro atoms. The summed E-state index contributed by atoms with van der Waals surface area (Å²) in [7, 11) is 0. The Morgan fingerprint density at radius 3 is 2.67 bits per heavy atom. The number of rotatable bonds is 3. The predicted octanol–water partition coefficient (Wildman–Crippen LogP) is 3.70. The first-order chi connectivity index (χ1) is 11.2. The number of aryl methyl sites for hydroxylation is 1. The molecule has 0 fully saturated rings. The Morgan fingerprint density at radius 1 is 1.12 bits per heavy atom. The van der Waals surface area contributed by atoms with E-state index in [9.17, 15) is 0 Å². The van der Waals surface area contributed by atoms with E-state index in [4.69, 9.17) is 15.2 Å². The van der Waals surface area contributed by atoms with Crippen molar-refractivity contribution in [2.24, 2.45) is 10.7 Å². The van der Waals surface area contributed by atoms with E-state index in [1.54, 1.807) is 0 Å². The third-order valence-corrected chi connectivity index (χ3v) is 3.70. The average Bonchev–Trinajstić information content (AvgIpc) is 2.79. The van der Waals surface area contributed by atoms with Crippen molar-refractivity contribution in [2.75, 3.05) is 18.5 Å². The van der Waals surface area contributed by atoms with Gasteiger partial charge in [-0.2, -0.15) is 0 Å². The SMILES string of the molecule is Cc1ccccc1CN=C(N)Nc1ccc2c(c1)OCCCO2.I. The number of hydrogen-bond acceptors (Lipinski definition) is 3. The largest absolute Gasteiger partial charge is 0.490 e. The van der Waals surface area contributed by atoms with Crippen molar-refractivity contribution in [1.82, 2.24) is 0 Å². The van der Waals surface area contributed by atoms with Gasteiger partial charge >= 0.3 is 0 Å². The topological polar surface area (TPSA) is 68.9 Å². The monoisotopic (exact) mass is 439 g/mol. The molecule has 0 atom stereocenters.